The summed E-state index contributed by atoms with van der Waals surface area (Å²) in [6.07, 6.45) is 4.46. The lowest BCUT2D eigenvalue weighted by Crippen LogP contribution is -2.32. The van der Waals surface area contributed by atoms with E-state index in [0.717, 1.165) is 6.42 Å². The predicted octanol–water partition coefficient (Wildman–Crippen LogP) is 1.89. The molecule has 0 bridgehead atoms. The maximum absolute atomic E-state index is 11.1. The zero-order valence-electron chi connectivity index (χ0n) is 8.59. The van der Waals surface area contributed by atoms with Crippen LogP contribution in [-0.4, -0.2) is 12.5 Å². The first kappa shape index (κ1) is 10.6. The molecule has 1 rings (SSSR count). The van der Waals surface area contributed by atoms with E-state index in [4.69, 9.17) is 4.74 Å². The van der Waals surface area contributed by atoms with Gasteiger partial charge in [-0.2, -0.15) is 0 Å². The van der Waals surface area contributed by atoms with Crippen molar-refractivity contribution in [1.29, 1.82) is 0 Å². The fourth-order valence-corrected chi connectivity index (χ4v) is 1.09. The van der Waals surface area contributed by atoms with Crippen molar-refractivity contribution in [3.05, 3.63) is 35.8 Å². The van der Waals surface area contributed by atoms with Crippen LogP contribution in [0.5, 0.6) is 0 Å². The van der Waals surface area contributed by atoms with E-state index < -0.39 is 0 Å². The molecule has 14 heavy (non-hydrogen) atoms. The number of rotatable bonds is 3. The van der Waals surface area contributed by atoms with Gasteiger partial charge in [-0.1, -0.05) is 19.1 Å². The molecule has 1 aliphatic heterocycles. The van der Waals surface area contributed by atoms with E-state index in [1.165, 1.54) is 5.57 Å². The van der Waals surface area contributed by atoms with Crippen LogP contribution in [0.3, 0.4) is 0 Å². The molecule has 0 aromatic carbocycles. The molecule has 0 aliphatic carbocycles. The Morgan fingerprint density at radius 3 is 3.00 bits per heavy atom. The van der Waals surface area contributed by atoms with Crippen LogP contribution in [0.4, 0.5) is 0 Å². The lowest BCUT2D eigenvalue weighted by molar-refractivity contribution is -0.124. The second-order valence-corrected chi connectivity index (χ2v) is 3.16. The summed E-state index contributed by atoms with van der Waals surface area (Å²) >= 11 is 0. The molecule has 1 aliphatic rings. The van der Waals surface area contributed by atoms with Crippen molar-refractivity contribution in [3.63, 3.8) is 0 Å². The number of carbonyl (C=O) groups is 1. The van der Waals surface area contributed by atoms with Gasteiger partial charge in [0.1, 0.15) is 5.76 Å². The normalized spacial score (nSPS) is 17.6. The monoisotopic (exact) mass is 193 g/mol. The Balaban J connectivity index is 2.95. The standard InChI is InChI=1S/C11H15NO2/c1-4-8(3)6-9-10(5-2)14-7-11(13)12-9/h5-6H,2,4,7H2,1,3H3,(H,12,13)/b8-6+. The number of carbonyl (C=O) groups excluding carboxylic acids is 1. The van der Waals surface area contributed by atoms with Gasteiger partial charge in [-0.3, -0.25) is 4.79 Å². The molecule has 0 aromatic rings. The SMILES string of the molecule is C=CC1=C(/C=C(\C)CC)NC(=O)CO1. The van der Waals surface area contributed by atoms with Gasteiger partial charge in [0.05, 0.1) is 5.70 Å². The second-order valence-electron chi connectivity index (χ2n) is 3.16. The van der Waals surface area contributed by atoms with E-state index in [9.17, 15) is 4.79 Å². The van der Waals surface area contributed by atoms with Crippen LogP contribution in [-0.2, 0) is 9.53 Å². The third-order valence-corrected chi connectivity index (χ3v) is 2.03. The predicted molar refractivity (Wildman–Crippen MR) is 55.4 cm³/mol. The van der Waals surface area contributed by atoms with Crippen LogP contribution in [0.2, 0.25) is 0 Å². The van der Waals surface area contributed by atoms with E-state index in [-0.39, 0.29) is 12.5 Å². The van der Waals surface area contributed by atoms with E-state index in [0.29, 0.717) is 11.5 Å². The highest BCUT2D eigenvalue weighted by Gasteiger charge is 2.14. The van der Waals surface area contributed by atoms with Crippen molar-refractivity contribution in [3.8, 4) is 0 Å². The fourth-order valence-electron chi connectivity index (χ4n) is 1.09. The highest BCUT2D eigenvalue weighted by Crippen LogP contribution is 2.13. The number of ether oxygens (including phenoxy) is 1. The molecule has 3 nitrogen and oxygen atoms in total. The van der Waals surface area contributed by atoms with E-state index in [1.54, 1.807) is 6.08 Å². The highest BCUT2D eigenvalue weighted by atomic mass is 16.5. The first-order valence-electron chi connectivity index (χ1n) is 4.64. The van der Waals surface area contributed by atoms with E-state index in [2.05, 4.69) is 18.8 Å². The molecule has 1 heterocycles. The van der Waals surface area contributed by atoms with E-state index in [1.807, 2.05) is 13.0 Å². The molecule has 0 unspecified atom stereocenters. The van der Waals surface area contributed by atoms with Crippen LogP contribution in [0, 0.1) is 0 Å². The molecule has 0 radical (unpaired) electrons. The van der Waals surface area contributed by atoms with Crippen molar-refractivity contribution in [2.45, 2.75) is 20.3 Å². The molecule has 0 saturated carbocycles. The number of amides is 1. The molecule has 0 fully saturated rings. The average molecular weight is 193 g/mol. The Bertz CT molecular complexity index is 313. The topological polar surface area (TPSA) is 38.3 Å². The summed E-state index contributed by atoms with van der Waals surface area (Å²) in [5.41, 5.74) is 1.89. The number of allylic oxidation sites excluding steroid dienone is 3. The Hall–Kier alpha value is -1.51. The Morgan fingerprint density at radius 2 is 2.43 bits per heavy atom. The minimum atomic E-state index is -0.120. The Morgan fingerprint density at radius 1 is 1.71 bits per heavy atom. The molecular formula is C11H15NO2. The maximum atomic E-state index is 11.1. The average Bonchev–Trinajstić information content (AvgIpc) is 2.18. The molecule has 3 heteroatoms. The van der Waals surface area contributed by atoms with Gasteiger partial charge in [-0.15, -0.1) is 0 Å². The lowest BCUT2D eigenvalue weighted by Gasteiger charge is -2.18. The number of hydrogen-bond acceptors (Lipinski definition) is 2. The summed E-state index contributed by atoms with van der Waals surface area (Å²) in [6, 6.07) is 0. The molecule has 0 atom stereocenters. The van der Waals surface area contributed by atoms with Gasteiger partial charge >= 0.3 is 0 Å². The smallest absolute Gasteiger partial charge is 0.262 e. The van der Waals surface area contributed by atoms with E-state index >= 15 is 0 Å². The summed E-state index contributed by atoms with van der Waals surface area (Å²) in [6.45, 7) is 7.77. The van der Waals surface area contributed by atoms with Crippen molar-refractivity contribution < 1.29 is 9.53 Å². The third-order valence-electron chi connectivity index (χ3n) is 2.03. The van der Waals surface area contributed by atoms with Crippen molar-refractivity contribution in [1.82, 2.24) is 5.32 Å². The molecule has 0 spiro atoms. The van der Waals surface area contributed by atoms with Gasteiger partial charge in [0.25, 0.3) is 5.91 Å². The maximum Gasteiger partial charge on any atom is 0.262 e. The van der Waals surface area contributed by atoms with Crippen LogP contribution < -0.4 is 5.32 Å². The summed E-state index contributed by atoms with van der Waals surface area (Å²) < 4.78 is 5.20. The summed E-state index contributed by atoms with van der Waals surface area (Å²) in [5.74, 6) is 0.517. The fraction of sp³-hybridized carbons (Fsp3) is 0.364. The zero-order chi connectivity index (χ0) is 10.6. The molecule has 0 aromatic heterocycles. The van der Waals surface area contributed by atoms with Crippen molar-refractivity contribution in [2.24, 2.45) is 0 Å². The van der Waals surface area contributed by atoms with Crippen LogP contribution in [0.1, 0.15) is 20.3 Å². The molecule has 76 valence electrons. The number of nitrogens with one attached hydrogen (secondary N) is 1. The van der Waals surface area contributed by atoms with Gasteiger partial charge in [-0.25, -0.2) is 0 Å². The van der Waals surface area contributed by atoms with Gasteiger partial charge in [0.2, 0.25) is 0 Å². The van der Waals surface area contributed by atoms with Crippen molar-refractivity contribution in [2.75, 3.05) is 6.61 Å². The van der Waals surface area contributed by atoms with Gasteiger partial charge in [0.15, 0.2) is 6.61 Å². The molecule has 1 N–H and O–H groups in total. The van der Waals surface area contributed by atoms with Crippen LogP contribution >= 0.6 is 0 Å². The second kappa shape index (κ2) is 4.65. The van der Waals surface area contributed by atoms with Gasteiger partial charge < -0.3 is 10.1 Å². The Labute approximate surface area is 84.1 Å². The summed E-state index contributed by atoms with van der Waals surface area (Å²) in [7, 11) is 0. The lowest BCUT2D eigenvalue weighted by atomic mass is 10.1. The van der Waals surface area contributed by atoms with Gasteiger partial charge in [-0.05, 0) is 25.5 Å². The van der Waals surface area contributed by atoms with Crippen LogP contribution in [0.25, 0.3) is 0 Å². The summed E-state index contributed by atoms with van der Waals surface area (Å²) in [5, 5.41) is 2.75. The van der Waals surface area contributed by atoms with Crippen molar-refractivity contribution >= 4 is 5.91 Å². The Kier molecular flexibility index (Phi) is 3.51. The highest BCUT2D eigenvalue weighted by molar-refractivity contribution is 5.81. The minimum Gasteiger partial charge on any atom is -0.482 e. The zero-order valence-corrected chi connectivity index (χ0v) is 8.59. The molecular weight excluding hydrogens is 178 g/mol. The summed E-state index contributed by atoms with van der Waals surface area (Å²) in [4.78, 5) is 11.1. The number of hydrogen-bond donors (Lipinski definition) is 1. The largest absolute Gasteiger partial charge is 0.482 e. The van der Waals surface area contributed by atoms with Crippen LogP contribution in [0.15, 0.2) is 35.8 Å². The molecule has 0 saturated heterocycles. The first-order valence-corrected chi connectivity index (χ1v) is 4.64. The first-order chi connectivity index (χ1) is 6.67. The molecule has 1 amide bonds. The minimum absolute atomic E-state index is 0.0733. The quantitative estimate of drug-likeness (QED) is 0.743. The van der Waals surface area contributed by atoms with Gasteiger partial charge in [0, 0.05) is 0 Å². The third kappa shape index (κ3) is 2.49.